The van der Waals surface area contributed by atoms with E-state index in [0.717, 1.165) is 17.0 Å². The van der Waals surface area contributed by atoms with Gasteiger partial charge in [0.2, 0.25) is 5.91 Å². The molecule has 1 N–H and O–H groups in total. The van der Waals surface area contributed by atoms with Crippen molar-refractivity contribution in [2.24, 2.45) is 0 Å². The zero-order valence-corrected chi connectivity index (χ0v) is 18.1. The lowest BCUT2D eigenvalue weighted by Gasteiger charge is -2.18. The minimum absolute atomic E-state index is 0.106. The van der Waals surface area contributed by atoms with Gasteiger partial charge in [-0.25, -0.2) is 9.97 Å². The molecule has 0 aliphatic carbocycles. The molecule has 3 rings (SSSR count). The highest BCUT2D eigenvalue weighted by Crippen LogP contribution is 2.23. The molecule has 0 fully saturated rings. The minimum Gasteiger partial charge on any atom is -0.424 e. The summed E-state index contributed by atoms with van der Waals surface area (Å²) in [5.74, 6) is 0.342. The fourth-order valence-corrected chi connectivity index (χ4v) is 2.93. The van der Waals surface area contributed by atoms with Crippen molar-refractivity contribution in [3.63, 3.8) is 0 Å². The van der Waals surface area contributed by atoms with E-state index >= 15 is 0 Å². The molecule has 0 aliphatic rings. The van der Waals surface area contributed by atoms with E-state index in [-0.39, 0.29) is 17.3 Å². The number of ether oxygens (including phenoxy) is 1. The monoisotopic (exact) mass is 401 g/mol. The molecular formula is C25H27N3O2. The van der Waals surface area contributed by atoms with Crippen LogP contribution in [-0.2, 0) is 10.2 Å². The van der Waals surface area contributed by atoms with Crippen LogP contribution < -0.4 is 10.1 Å². The second-order valence-electron chi connectivity index (χ2n) is 8.26. The zero-order valence-electron chi connectivity index (χ0n) is 18.1. The first kappa shape index (κ1) is 21.2. The molecule has 0 spiro atoms. The summed E-state index contributed by atoms with van der Waals surface area (Å²) in [6.07, 6.45) is 3.32. The molecule has 0 unspecified atom stereocenters. The molecule has 3 aromatic rings. The summed E-state index contributed by atoms with van der Waals surface area (Å²) in [6, 6.07) is 17.5. The third-order valence-corrected chi connectivity index (χ3v) is 4.48. The molecule has 5 nitrogen and oxygen atoms in total. The van der Waals surface area contributed by atoms with Gasteiger partial charge in [0.1, 0.15) is 5.75 Å². The number of aryl methyl sites for hydroxylation is 2. The summed E-state index contributed by atoms with van der Waals surface area (Å²) in [7, 11) is 0. The number of aromatic nitrogens is 2. The van der Waals surface area contributed by atoms with E-state index in [2.05, 4.69) is 48.2 Å². The molecule has 0 saturated heterocycles. The summed E-state index contributed by atoms with van der Waals surface area (Å²) in [4.78, 5) is 20.9. The standard InChI is InChI=1S/C25H27N3O2/c1-17-15-18(2)27-24(26-17)30-22-8-6-7-21(16-22)28-23(29)14-11-19-9-12-20(13-10-19)25(3,4)5/h6-16H,1-5H3,(H,28,29)/b14-11+. The number of carbonyl (C=O) groups excluding carboxylic acids is 1. The number of anilines is 1. The molecule has 2 aromatic carbocycles. The van der Waals surface area contributed by atoms with Gasteiger partial charge in [0.25, 0.3) is 0 Å². The van der Waals surface area contributed by atoms with Crippen LogP contribution in [0.3, 0.4) is 0 Å². The molecule has 0 bridgehead atoms. The van der Waals surface area contributed by atoms with E-state index < -0.39 is 0 Å². The number of amides is 1. The van der Waals surface area contributed by atoms with Gasteiger partial charge >= 0.3 is 6.01 Å². The molecule has 0 saturated carbocycles. The van der Waals surface area contributed by atoms with Crippen LogP contribution in [0.1, 0.15) is 43.3 Å². The third kappa shape index (κ3) is 6.01. The van der Waals surface area contributed by atoms with Gasteiger partial charge < -0.3 is 10.1 Å². The molecule has 1 aromatic heterocycles. The van der Waals surface area contributed by atoms with Crippen LogP contribution >= 0.6 is 0 Å². The maximum absolute atomic E-state index is 12.3. The number of hydrogen-bond donors (Lipinski definition) is 1. The fourth-order valence-electron chi connectivity index (χ4n) is 2.93. The molecular weight excluding hydrogens is 374 g/mol. The highest BCUT2D eigenvalue weighted by Gasteiger charge is 2.12. The van der Waals surface area contributed by atoms with E-state index in [4.69, 9.17) is 4.74 Å². The molecule has 0 radical (unpaired) electrons. The van der Waals surface area contributed by atoms with Crippen LogP contribution in [-0.4, -0.2) is 15.9 Å². The van der Waals surface area contributed by atoms with Crippen molar-refractivity contribution in [1.82, 2.24) is 9.97 Å². The van der Waals surface area contributed by atoms with Crippen molar-refractivity contribution in [2.45, 2.75) is 40.0 Å². The Morgan fingerprint density at radius 1 is 0.967 bits per heavy atom. The predicted molar refractivity (Wildman–Crippen MR) is 121 cm³/mol. The van der Waals surface area contributed by atoms with Gasteiger partial charge in [-0.15, -0.1) is 0 Å². The maximum atomic E-state index is 12.3. The highest BCUT2D eigenvalue weighted by atomic mass is 16.5. The third-order valence-electron chi connectivity index (χ3n) is 4.48. The first-order valence-corrected chi connectivity index (χ1v) is 9.89. The number of rotatable bonds is 5. The van der Waals surface area contributed by atoms with E-state index in [9.17, 15) is 4.79 Å². The lowest BCUT2D eigenvalue weighted by molar-refractivity contribution is -0.111. The Hall–Kier alpha value is -3.47. The number of nitrogens with one attached hydrogen (secondary N) is 1. The second-order valence-corrected chi connectivity index (χ2v) is 8.26. The Balaban J connectivity index is 1.64. The van der Waals surface area contributed by atoms with Gasteiger partial charge in [-0.3, -0.25) is 4.79 Å². The van der Waals surface area contributed by atoms with E-state index in [0.29, 0.717) is 11.4 Å². The average Bonchev–Trinajstić information content (AvgIpc) is 2.65. The van der Waals surface area contributed by atoms with Crippen molar-refractivity contribution in [3.05, 3.63) is 83.2 Å². The van der Waals surface area contributed by atoms with Gasteiger partial charge in [-0.1, -0.05) is 51.1 Å². The first-order chi connectivity index (χ1) is 14.2. The van der Waals surface area contributed by atoms with Crippen LogP contribution in [0.2, 0.25) is 0 Å². The van der Waals surface area contributed by atoms with Gasteiger partial charge in [0.05, 0.1) is 0 Å². The van der Waals surface area contributed by atoms with Gasteiger partial charge in [-0.05, 0) is 54.7 Å². The average molecular weight is 402 g/mol. The highest BCUT2D eigenvalue weighted by molar-refractivity contribution is 6.02. The van der Waals surface area contributed by atoms with Gasteiger partial charge in [-0.2, -0.15) is 0 Å². The fraction of sp³-hybridized carbons (Fsp3) is 0.240. The van der Waals surface area contributed by atoms with Crippen molar-refractivity contribution in [2.75, 3.05) is 5.32 Å². The molecule has 30 heavy (non-hydrogen) atoms. The van der Waals surface area contributed by atoms with Crippen molar-refractivity contribution in [1.29, 1.82) is 0 Å². The number of hydrogen-bond acceptors (Lipinski definition) is 4. The molecule has 0 aliphatic heterocycles. The second kappa shape index (κ2) is 8.91. The van der Waals surface area contributed by atoms with Crippen LogP contribution in [0.4, 0.5) is 5.69 Å². The Morgan fingerprint density at radius 3 is 2.27 bits per heavy atom. The minimum atomic E-state index is -0.213. The quantitative estimate of drug-likeness (QED) is 0.546. The lowest BCUT2D eigenvalue weighted by Crippen LogP contribution is -2.10. The van der Waals surface area contributed by atoms with E-state index in [1.54, 1.807) is 24.3 Å². The van der Waals surface area contributed by atoms with Gasteiger partial charge in [0, 0.05) is 29.2 Å². The van der Waals surface area contributed by atoms with Crippen molar-refractivity contribution < 1.29 is 9.53 Å². The predicted octanol–water partition coefficient (Wildman–Crippen LogP) is 5.84. The number of benzene rings is 2. The normalized spacial score (nSPS) is 11.5. The van der Waals surface area contributed by atoms with Crippen molar-refractivity contribution in [3.8, 4) is 11.8 Å². The summed E-state index contributed by atoms with van der Waals surface area (Å²) < 4.78 is 5.74. The van der Waals surface area contributed by atoms with Crippen molar-refractivity contribution >= 4 is 17.7 Å². The molecule has 1 heterocycles. The molecule has 1 amide bonds. The van der Waals surface area contributed by atoms with E-state index in [1.807, 2.05) is 38.1 Å². The molecule has 154 valence electrons. The Labute approximate surface area is 177 Å². The Morgan fingerprint density at radius 2 is 1.63 bits per heavy atom. The topological polar surface area (TPSA) is 64.1 Å². The number of nitrogens with zero attached hydrogens (tertiary/aromatic N) is 2. The lowest BCUT2D eigenvalue weighted by atomic mass is 9.87. The van der Waals surface area contributed by atoms with Crippen LogP contribution in [0.5, 0.6) is 11.8 Å². The summed E-state index contributed by atoms with van der Waals surface area (Å²) in [5, 5.41) is 2.85. The molecule has 0 atom stereocenters. The first-order valence-electron chi connectivity index (χ1n) is 9.89. The largest absolute Gasteiger partial charge is 0.424 e. The smallest absolute Gasteiger partial charge is 0.322 e. The van der Waals surface area contributed by atoms with Crippen LogP contribution in [0.15, 0.2) is 60.7 Å². The molecule has 5 heteroatoms. The Kier molecular flexibility index (Phi) is 6.31. The number of carbonyl (C=O) groups is 1. The SMILES string of the molecule is Cc1cc(C)nc(Oc2cccc(NC(=O)/C=C/c3ccc(C(C)(C)C)cc3)c2)n1. The summed E-state index contributed by atoms with van der Waals surface area (Å²) in [5.41, 5.74) is 4.64. The summed E-state index contributed by atoms with van der Waals surface area (Å²) >= 11 is 0. The van der Waals surface area contributed by atoms with E-state index in [1.165, 1.54) is 11.6 Å². The van der Waals surface area contributed by atoms with Gasteiger partial charge in [0.15, 0.2) is 0 Å². The Bertz CT molecular complexity index is 1040. The van der Waals surface area contributed by atoms with Crippen LogP contribution in [0.25, 0.3) is 6.08 Å². The summed E-state index contributed by atoms with van der Waals surface area (Å²) in [6.45, 7) is 10.3. The maximum Gasteiger partial charge on any atom is 0.322 e. The zero-order chi connectivity index (χ0) is 21.7. The van der Waals surface area contributed by atoms with Crippen LogP contribution in [0, 0.1) is 13.8 Å².